The molecule has 0 spiro atoms. The highest BCUT2D eigenvalue weighted by Gasteiger charge is 2.19. The van der Waals surface area contributed by atoms with E-state index in [9.17, 15) is 18.4 Å². The van der Waals surface area contributed by atoms with Crippen molar-refractivity contribution in [2.24, 2.45) is 0 Å². The van der Waals surface area contributed by atoms with Gasteiger partial charge in [0, 0.05) is 39.8 Å². The molecule has 1 aromatic heterocycles. The first kappa shape index (κ1) is 27.1. The maximum absolute atomic E-state index is 15.2. The molecule has 0 radical (unpaired) electrons. The van der Waals surface area contributed by atoms with Crippen LogP contribution in [0.3, 0.4) is 0 Å². The topological polar surface area (TPSA) is 88.5 Å². The second-order valence-corrected chi connectivity index (χ2v) is 8.91. The minimum Gasteiger partial charge on any atom is -0.478 e. The number of carboxylic acid groups (broad SMARTS) is 1. The molecule has 1 amide bonds. The lowest BCUT2D eigenvalue weighted by Crippen LogP contribution is -2.13. The van der Waals surface area contributed by atoms with Crippen LogP contribution in [0.25, 0.3) is 17.3 Å². The zero-order valence-electron chi connectivity index (χ0n) is 19.9. The molecule has 6 nitrogen and oxygen atoms in total. The van der Waals surface area contributed by atoms with Gasteiger partial charge in [-0.3, -0.25) is 10.1 Å². The summed E-state index contributed by atoms with van der Waals surface area (Å²) in [5.74, 6) is -4.81. The zero-order chi connectivity index (χ0) is 26.4. The van der Waals surface area contributed by atoms with Crippen LogP contribution >= 0.6 is 11.3 Å². The largest absolute Gasteiger partial charge is 0.478 e. The Labute approximate surface area is 210 Å². The van der Waals surface area contributed by atoms with Crippen molar-refractivity contribution in [3.63, 3.8) is 0 Å². The Balaban J connectivity index is 1.78. The number of rotatable bonds is 10. The van der Waals surface area contributed by atoms with Crippen molar-refractivity contribution in [2.45, 2.75) is 39.7 Å². The van der Waals surface area contributed by atoms with E-state index in [1.807, 2.05) is 6.92 Å². The number of carboxylic acids is 1. The molecule has 2 aromatic carbocycles. The monoisotopic (exact) mass is 518 g/mol. The molecule has 0 bridgehead atoms. The number of hydrogen-bond acceptors (Lipinski definition) is 5. The Morgan fingerprint density at radius 2 is 1.92 bits per heavy atom. The molecule has 10 heteroatoms. The van der Waals surface area contributed by atoms with Crippen LogP contribution in [0.2, 0.25) is 0 Å². The van der Waals surface area contributed by atoms with E-state index < -0.39 is 41.0 Å². The van der Waals surface area contributed by atoms with Crippen molar-refractivity contribution in [3.8, 4) is 11.3 Å². The van der Waals surface area contributed by atoms with Crippen LogP contribution in [-0.4, -0.2) is 28.6 Å². The smallest absolute Gasteiger partial charge is 0.331 e. The van der Waals surface area contributed by atoms with Gasteiger partial charge in [0.1, 0.15) is 17.5 Å². The second-order valence-electron chi connectivity index (χ2n) is 8.05. The van der Waals surface area contributed by atoms with E-state index in [-0.39, 0.29) is 27.5 Å². The number of carbonyl (C=O) groups is 2. The number of nitrogens with zero attached hydrogens (tertiary/aromatic N) is 1. The number of benzene rings is 2. The SMILES string of the molecule is CCCCOC(C)c1cccc(-c2csc(NC(=O)c3cc(F)c(C=C(C)C(=O)O)c(F)c3)n2)c1F. The highest BCUT2D eigenvalue weighted by Crippen LogP contribution is 2.32. The van der Waals surface area contributed by atoms with Crippen LogP contribution in [0.15, 0.2) is 41.3 Å². The van der Waals surface area contributed by atoms with E-state index in [4.69, 9.17) is 9.84 Å². The maximum atomic E-state index is 15.2. The first-order valence-corrected chi connectivity index (χ1v) is 12.1. The van der Waals surface area contributed by atoms with Crippen molar-refractivity contribution < 1.29 is 32.6 Å². The van der Waals surface area contributed by atoms with Crippen LogP contribution in [0.4, 0.5) is 18.3 Å². The number of aliphatic carboxylic acids is 1. The molecule has 1 atom stereocenters. The normalized spacial score (nSPS) is 12.4. The lowest BCUT2D eigenvalue weighted by molar-refractivity contribution is -0.132. The molecule has 0 aliphatic heterocycles. The van der Waals surface area contributed by atoms with Gasteiger partial charge >= 0.3 is 5.97 Å². The molecule has 0 fully saturated rings. The van der Waals surface area contributed by atoms with E-state index in [0.717, 1.165) is 42.4 Å². The highest BCUT2D eigenvalue weighted by molar-refractivity contribution is 7.14. The van der Waals surface area contributed by atoms with Gasteiger partial charge in [0.05, 0.1) is 11.8 Å². The zero-order valence-corrected chi connectivity index (χ0v) is 20.7. The number of ether oxygens (including phenoxy) is 1. The molecular formula is C26H25F3N2O4S. The van der Waals surface area contributed by atoms with E-state index in [2.05, 4.69) is 10.3 Å². The van der Waals surface area contributed by atoms with Crippen LogP contribution in [0.1, 0.15) is 61.2 Å². The third kappa shape index (κ3) is 6.38. The van der Waals surface area contributed by atoms with E-state index in [1.165, 1.54) is 6.92 Å². The summed E-state index contributed by atoms with van der Waals surface area (Å²) in [6.07, 6.45) is 2.24. The van der Waals surface area contributed by atoms with Crippen LogP contribution in [0, 0.1) is 17.5 Å². The molecule has 0 saturated heterocycles. The first-order valence-electron chi connectivity index (χ1n) is 11.2. The lowest BCUT2D eigenvalue weighted by Gasteiger charge is -2.15. The molecule has 1 unspecified atom stereocenters. The molecule has 0 saturated carbocycles. The van der Waals surface area contributed by atoms with Gasteiger partial charge in [-0.05, 0) is 44.5 Å². The van der Waals surface area contributed by atoms with E-state index >= 15 is 4.39 Å². The minimum absolute atomic E-state index is 0.110. The van der Waals surface area contributed by atoms with E-state index in [0.29, 0.717) is 12.2 Å². The fourth-order valence-electron chi connectivity index (χ4n) is 3.31. The van der Waals surface area contributed by atoms with Gasteiger partial charge in [0.15, 0.2) is 5.13 Å². The number of halogens is 3. The van der Waals surface area contributed by atoms with Gasteiger partial charge in [0.25, 0.3) is 5.91 Å². The number of aromatic nitrogens is 1. The molecule has 3 aromatic rings. The molecule has 0 aliphatic rings. The molecular weight excluding hydrogens is 493 g/mol. The third-order valence-corrected chi connectivity index (χ3v) is 6.13. The molecule has 2 N–H and O–H groups in total. The second kappa shape index (κ2) is 12.0. The molecule has 36 heavy (non-hydrogen) atoms. The van der Waals surface area contributed by atoms with Crippen molar-refractivity contribution in [1.82, 2.24) is 4.98 Å². The predicted molar refractivity (Wildman–Crippen MR) is 132 cm³/mol. The average Bonchev–Trinajstić information content (AvgIpc) is 3.29. The summed E-state index contributed by atoms with van der Waals surface area (Å²) in [5, 5.41) is 13.0. The molecule has 3 rings (SSSR count). The minimum atomic E-state index is -1.32. The van der Waals surface area contributed by atoms with Gasteiger partial charge in [-0.25, -0.2) is 22.9 Å². The van der Waals surface area contributed by atoms with Crippen molar-refractivity contribution >= 4 is 34.4 Å². The molecule has 1 heterocycles. The van der Waals surface area contributed by atoms with Gasteiger partial charge in [0.2, 0.25) is 0 Å². The number of carbonyl (C=O) groups excluding carboxylic acids is 1. The van der Waals surface area contributed by atoms with Gasteiger partial charge < -0.3 is 9.84 Å². The summed E-state index contributed by atoms with van der Waals surface area (Å²) >= 11 is 1.03. The quantitative estimate of drug-likeness (QED) is 0.226. The Morgan fingerprint density at radius 3 is 2.56 bits per heavy atom. The number of anilines is 1. The van der Waals surface area contributed by atoms with Gasteiger partial charge in [-0.15, -0.1) is 11.3 Å². The number of nitrogens with one attached hydrogen (secondary N) is 1. The predicted octanol–water partition coefficient (Wildman–Crippen LogP) is 6.85. The van der Waals surface area contributed by atoms with E-state index in [1.54, 1.807) is 30.5 Å². The fourth-order valence-corrected chi connectivity index (χ4v) is 4.02. The highest BCUT2D eigenvalue weighted by atomic mass is 32.1. The Bertz CT molecular complexity index is 1280. The number of unbranched alkanes of at least 4 members (excludes halogenated alkanes) is 1. The average molecular weight is 519 g/mol. The standard InChI is InChI=1S/C26H25F3N2O4S/c1-4-5-9-35-15(3)17-7-6-8-18(23(17)29)22-13-36-26(30-22)31-24(32)16-11-20(27)19(21(28)12-16)10-14(2)25(33)34/h6-8,10-13,15H,4-5,9H2,1-3H3,(H,33,34)(H,30,31,32). The summed E-state index contributed by atoms with van der Waals surface area (Å²) in [4.78, 5) is 27.7. The summed E-state index contributed by atoms with van der Waals surface area (Å²) in [6, 6.07) is 6.51. The van der Waals surface area contributed by atoms with Crippen LogP contribution in [0.5, 0.6) is 0 Å². The van der Waals surface area contributed by atoms with Gasteiger partial charge in [-0.1, -0.05) is 25.5 Å². The summed E-state index contributed by atoms with van der Waals surface area (Å²) < 4.78 is 49.7. The summed E-state index contributed by atoms with van der Waals surface area (Å²) in [5.41, 5.74) is -0.238. The number of amides is 1. The summed E-state index contributed by atoms with van der Waals surface area (Å²) in [6.45, 7) is 5.52. The third-order valence-electron chi connectivity index (χ3n) is 5.37. The van der Waals surface area contributed by atoms with Crippen molar-refractivity contribution in [3.05, 3.63) is 75.4 Å². The Kier molecular flexibility index (Phi) is 9.00. The maximum Gasteiger partial charge on any atom is 0.331 e. The molecule has 190 valence electrons. The Morgan fingerprint density at radius 1 is 1.22 bits per heavy atom. The van der Waals surface area contributed by atoms with Crippen LogP contribution in [-0.2, 0) is 9.53 Å². The molecule has 0 aliphatic carbocycles. The summed E-state index contributed by atoms with van der Waals surface area (Å²) in [7, 11) is 0. The number of thiazole rings is 1. The number of hydrogen-bond donors (Lipinski definition) is 2. The lowest BCUT2D eigenvalue weighted by atomic mass is 10.0. The fraction of sp³-hybridized carbons (Fsp3) is 0.269. The van der Waals surface area contributed by atoms with Crippen molar-refractivity contribution in [2.75, 3.05) is 11.9 Å². The van der Waals surface area contributed by atoms with Gasteiger partial charge in [-0.2, -0.15) is 0 Å². The Hall–Kier alpha value is -3.50. The van der Waals surface area contributed by atoms with Crippen LogP contribution < -0.4 is 5.32 Å². The van der Waals surface area contributed by atoms with Crippen molar-refractivity contribution in [1.29, 1.82) is 0 Å². The first-order chi connectivity index (χ1) is 17.1.